The Bertz CT molecular complexity index is 569. The molecule has 0 saturated heterocycles. The van der Waals surface area contributed by atoms with Crippen molar-refractivity contribution in [2.75, 3.05) is 7.11 Å². The molecule has 0 aliphatic rings. The third-order valence-corrected chi connectivity index (χ3v) is 3.93. The Labute approximate surface area is 108 Å². The monoisotopic (exact) mass is 264 g/mol. The average Bonchev–Trinajstić information content (AvgIpc) is 2.39. The van der Waals surface area contributed by atoms with Crippen LogP contribution in [0.15, 0.2) is 53.4 Å². The number of hydrogen-bond donors (Lipinski definition) is 0. The lowest BCUT2D eigenvalue weighted by Crippen LogP contribution is -1.99. The molecule has 0 heterocycles. The van der Waals surface area contributed by atoms with E-state index in [1.54, 1.807) is 31.4 Å². The number of halogens is 1. The zero-order valence-corrected chi connectivity index (χ0v) is 10.7. The fourth-order valence-corrected chi connectivity index (χ4v) is 2.77. The van der Waals surface area contributed by atoms with E-state index in [2.05, 4.69) is 0 Å². The molecule has 0 bridgehead atoms. The summed E-state index contributed by atoms with van der Waals surface area (Å²) in [6, 6.07) is 13.4. The molecular formula is C14H13FO2S. The van der Waals surface area contributed by atoms with E-state index < -0.39 is 16.6 Å². The summed E-state index contributed by atoms with van der Waals surface area (Å²) in [7, 11) is 0.190. The Morgan fingerprint density at radius 1 is 1.17 bits per heavy atom. The molecule has 0 saturated carbocycles. The number of ether oxygens (including phenoxy) is 1. The first-order chi connectivity index (χ1) is 8.70. The van der Waals surface area contributed by atoms with Crippen molar-refractivity contribution in [2.24, 2.45) is 0 Å². The lowest BCUT2D eigenvalue weighted by molar-refractivity contribution is 0.414. The van der Waals surface area contributed by atoms with E-state index in [1.165, 1.54) is 6.07 Å². The Kier molecular flexibility index (Phi) is 4.10. The predicted octanol–water partition coefficient (Wildman–Crippen LogP) is 3.14. The van der Waals surface area contributed by atoms with Crippen molar-refractivity contribution in [3.63, 3.8) is 0 Å². The topological polar surface area (TPSA) is 26.3 Å². The number of rotatable bonds is 4. The van der Waals surface area contributed by atoms with Crippen LogP contribution in [0.1, 0.15) is 5.56 Å². The average molecular weight is 264 g/mol. The SMILES string of the molecule is COc1cccc(CS(=O)c2ccccc2F)c1. The molecule has 2 aromatic rings. The molecule has 0 fully saturated rings. The van der Waals surface area contributed by atoms with Gasteiger partial charge in [0.1, 0.15) is 11.6 Å². The Morgan fingerprint density at radius 3 is 2.67 bits per heavy atom. The first-order valence-corrected chi connectivity index (χ1v) is 6.78. The molecule has 0 radical (unpaired) electrons. The summed E-state index contributed by atoms with van der Waals surface area (Å²) in [4.78, 5) is 0.236. The van der Waals surface area contributed by atoms with Crippen molar-refractivity contribution >= 4 is 10.8 Å². The lowest BCUT2D eigenvalue weighted by atomic mass is 10.2. The summed E-state index contributed by atoms with van der Waals surface area (Å²) in [6.07, 6.45) is 0. The highest BCUT2D eigenvalue weighted by atomic mass is 32.2. The molecule has 2 nitrogen and oxygen atoms in total. The van der Waals surface area contributed by atoms with Crippen molar-refractivity contribution in [3.05, 3.63) is 59.9 Å². The molecule has 0 aromatic heterocycles. The third kappa shape index (κ3) is 2.96. The van der Waals surface area contributed by atoms with Gasteiger partial charge in [-0.1, -0.05) is 24.3 Å². The molecule has 2 rings (SSSR count). The van der Waals surface area contributed by atoms with Crippen LogP contribution in [0.2, 0.25) is 0 Å². The van der Waals surface area contributed by atoms with Crippen LogP contribution in [-0.2, 0) is 16.6 Å². The highest BCUT2D eigenvalue weighted by Crippen LogP contribution is 2.18. The van der Waals surface area contributed by atoms with Gasteiger partial charge in [0, 0.05) is 0 Å². The van der Waals surface area contributed by atoms with Crippen molar-refractivity contribution < 1.29 is 13.3 Å². The zero-order valence-electron chi connectivity index (χ0n) is 9.93. The van der Waals surface area contributed by atoms with Crippen LogP contribution in [-0.4, -0.2) is 11.3 Å². The van der Waals surface area contributed by atoms with Crippen LogP contribution in [0.3, 0.4) is 0 Å². The molecule has 0 N–H and O–H groups in total. The summed E-state index contributed by atoms with van der Waals surface area (Å²) in [5.74, 6) is 0.551. The fraction of sp³-hybridized carbons (Fsp3) is 0.143. The van der Waals surface area contributed by atoms with Crippen LogP contribution in [0.25, 0.3) is 0 Å². The summed E-state index contributed by atoms with van der Waals surface area (Å²) >= 11 is 0. The second kappa shape index (κ2) is 5.78. The lowest BCUT2D eigenvalue weighted by Gasteiger charge is -2.05. The Morgan fingerprint density at radius 2 is 1.94 bits per heavy atom. The van der Waals surface area contributed by atoms with Crippen molar-refractivity contribution in [3.8, 4) is 5.75 Å². The van der Waals surface area contributed by atoms with Crippen LogP contribution in [0, 0.1) is 5.82 Å². The van der Waals surface area contributed by atoms with Gasteiger partial charge < -0.3 is 4.74 Å². The molecule has 1 unspecified atom stereocenters. The van der Waals surface area contributed by atoms with Crippen LogP contribution < -0.4 is 4.74 Å². The molecule has 0 aliphatic heterocycles. The normalized spacial score (nSPS) is 12.1. The highest BCUT2D eigenvalue weighted by Gasteiger charge is 2.10. The highest BCUT2D eigenvalue weighted by molar-refractivity contribution is 7.84. The molecule has 0 aliphatic carbocycles. The van der Waals surface area contributed by atoms with Gasteiger partial charge in [-0.25, -0.2) is 4.39 Å². The molecule has 0 amide bonds. The minimum atomic E-state index is -1.39. The van der Waals surface area contributed by atoms with Crippen LogP contribution >= 0.6 is 0 Å². The zero-order chi connectivity index (χ0) is 13.0. The van der Waals surface area contributed by atoms with E-state index in [1.807, 2.05) is 18.2 Å². The van der Waals surface area contributed by atoms with Gasteiger partial charge in [-0.2, -0.15) is 0 Å². The Hall–Kier alpha value is -1.68. The molecule has 2 aromatic carbocycles. The summed E-state index contributed by atoms with van der Waals surface area (Å²) < 4.78 is 30.6. The molecule has 94 valence electrons. The van der Waals surface area contributed by atoms with E-state index in [0.717, 1.165) is 5.56 Å². The van der Waals surface area contributed by atoms with E-state index in [-0.39, 0.29) is 10.6 Å². The maximum atomic E-state index is 13.5. The Balaban J connectivity index is 2.19. The molecular weight excluding hydrogens is 251 g/mol. The maximum absolute atomic E-state index is 13.5. The van der Waals surface area contributed by atoms with Gasteiger partial charge in [-0.05, 0) is 29.8 Å². The van der Waals surface area contributed by atoms with Gasteiger partial charge in [0.05, 0.1) is 28.6 Å². The molecule has 18 heavy (non-hydrogen) atoms. The fourth-order valence-electron chi connectivity index (χ4n) is 1.62. The minimum absolute atomic E-state index is 0.236. The third-order valence-electron chi connectivity index (χ3n) is 2.51. The van der Waals surface area contributed by atoms with E-state index >= 15 is 0 Å². The van der Waals surface area contributed by atoms with Gasteiger partial charge in [0.2, 0.25) is 0 Å². The number of hydrogen-bond acceptors (Lipinski definition) is 2. The molecule has 4 heteroatoms. The van der Waals surface area contributed by atoms with Crippen LogP contribution in [0.4, 0.5) is 4.39 Å². The van der Waals surface area contributed by atoms with Crippen molar-refractivity contribution in [1.82, 2.24) is 0 Å². The van der Waals surface area contributed by atoms with E-state index in [0.29, 0.717) is 5.75 Å². The first kappa shape index (κ1) is 12.8. The number of methoxy groups -OCH3 is 1. The van der Waals surface area contributed by atoms with Crippen LogP contribution in [0.5, 0.6) is 5.75 Å². The predicted molar refractivity (Wildman–Crippen MR) is 69.5 cm³/mol. The van der Waals surface area contributed by atoms with Gasteiger partial charge in [-0.3, -0.25) is 4.21 Å². The van der Waals surface area contributed by atoms with Crippen molar-refractivity contribution in [2.45, 2.75) is 10.6 Å². The van der Waals surface area contributed by atoms with Gasteiger partial charge in [0.15, 0.2) is 0 Å². The van der Waals surface area contributed by atoms with E-state index in [4.69, 9.17) is 4.74 Å². The van der Waals surface area contributed by atoms with Gasteiger partial charge in [-0.15, -0.1) is 0 Å². The standard InChI is InChI=1S/C14H13FO2S/c1-17-12-6-4-5-11(9-12)10-18(16)14-8-3-2-7-13(14)15/h2-9H,10H2,1H3. The van der Waals surface area contributed by atoms with Gasteiger partial charge >= 0.3 is 0 Å². The summed E-state index contributed by atoms with van der Waals surface area (Å²) in [5, 5.41) is 0. The second-order valence-corrected chi connectivity index (χ2v) is 5.19. The smallest absolute Gasteiger partial charge is 0.139 e. The second-order valence-electron chi connectivity index (χ2n) is 3.77. The van der Waals surface area contributed by atoms with Gasteiger partial charge in [0.25, 0.3) is 0 Å². The summed E-state index contributed by atoms with van der Waals surface area (Å²) in [6.45, 7) is 0. The summed E-state index contributed by atoms with van der Waals surface area (Å²) in [5.41, 5.74) is 0.857. The molecule has 1 atom stereocenters. The number of benzene rings is 2. The first-order valence-electron chi connectivity index (χ1n) is 5.46. The largest absolute Gasteiger partial charge is 0.497 e. The molecule has 0 spiro atoms. The minimum Gasteiger partial charge on any atom is -0.497 e. The van der Waals surface area contributed by atoms with Crippen molar-refractivity contribution in [1.29, 1.82) is 0 Å². The quantitative estimate of drug-likeness (QED) is 0.848. The maximum Gasteiger partial charge on any atom is 0.139 e. The van der Waals surface area contributed by atoms with E-state index in [9.17, 15) is 8.60 Å².